The van der Waals surface area contributed by atoms with Gasteiger partial charge < -0.3 is 14.8 Å². The number of benzene rings is 1. The summed E-state index contributed by atoms with van der Waals surface area (Å²) < 4.78 is 16.8. The Bertz CT molecular complexity index is 506. The second-order valence-corrected chi connectivity index (χ2v) is 2.94. The first kappa shape index (κ1) is 9.51. The average Bonchev–Trinajstić information content (AvgIpc) is 2.62. The SMILES string of the molecule is O=C(O)c1c[nH]c2cccc(OCF)c12. The fourth-order valence-electron chi connectivity index (χ4n) is 1.50. The lowest BCUT2D eigenvalue weighted by molar-refractivity contribution is 0.0698. The van der Waals surface area contributed by atoms with Gasteiger partial charge in [-0.3, -0.25) is 0 Å². The van der Waals surface area contributed by atoms with Crippen molar-refractivity contribution in [3.05, 3.63) is 30.0 Å². The van der Waals surface area contributed by atoms with Gasteiger partial charge in [0.1, 0.15) is 5.75 Å². The van der Waals surface area contributed by atoms with Crippen LogP contribution in [0.4, 0.5) is 4.39 Å². The van der Waals surface area contributed by atoms with Gasteiger partial charge in [0.25, 0.3) is 0 Å². The molecule has 0 saturated carbocycles. The lowest BCUT2D eigenvalue weighted by Gasteiger charge is -2.03. The highest BCUT2D eigenvalue weighted by molar-refractivity contribution is 6.05. The molecule has 0 spiro atoms. The topological polar surface area (TPSA) is 62.3 Å². The summed E-state index contributed by atoms with van der Waals surface area (Å²) in [6.07, 6.45) is 1.36. The van der Waals surface area contributed by atoms with E-state index >= 15 is 0 Å². The van der Waals surface area contributed by atoms with Gasteiger partial charge in [0.2, 0.25) is 6.86 Å². The first-order valence-corrected chi connectivity index (χ1v) is 4.26. The van der Waals surface area contributed by atoms with Crippen molar-refractivity contribution in [2.45, 2.75) is 0 Å². The van der Waals surface area contributed by atoms with Crippen molar-refractivity contribution >= 4 is 16.9 Å². The van der Waals surface area contributed by atoms with Gasteiger partial charge in [0.15, 0.2) is 0 Å². The fourth-order valence-corrected chi connectivity index (χ4v) is 1.50. The number of carboxylic acid groups (broad SMARTS) is 1. The molecular formula is C10H8FNO3. The van der Waals surface area contributed by atoms with E-state index in [0.717, 1.165) is 0 Å². The first-order valence-electron chi connectivity index (χ1n) is 4.26. The smallest absolute Gasteiger partial charge is 0.338 e. The minimum atomic E-state index is -1.07. The highest BCUT2D eigenvalue weighted by atomic mass is 19.1. The normalized spacial score (nSPS) is 10.5. The Morgan fingerprint density at radius 1 is 1.53 bits per heavy atom. The van der Waals surface area contributed by atoms with E-state index in [0.29, 0.717) is 10.9 Å². The van der Waals surface area contributed by atoms with Gasteiger partial charge in [-0.25, -0.2) is 9.18 Å². The molecule has 0 bridgehead atoms. The van der Waals surface area contributed by atoms with Crippen molar-refractivity contribution < 1.29 is 19.0 Å². The lowest BCUT2D eigenvalue weighted by atomic mass is 10.1. The van der Waals surface area contributed by atoms with Crippen LogP contribution < -0.4 is 4.74 Å². The van der Waals surface area contributed by atoms with Gasteiger partial charge >= 0.3 is 5.97 Å². The summed E-state index contributed by atoms with van der Waals surface area (Å²) in [7, 11) is 0. The Morgan fingerprint density at radius 3 is 3.00 bits per heavy atom. The molecule has 2 aromatic rings. The minimum Gasteiger partial charge on any atom is -0.478 e. The van der Waals surface area contributed by atoms with Crippen LogP contribution in [0.25, 0.3) is 10.9 Å². The lowest BCUT2D eigenvalue weighted by Crippen LogP contribution is -1.96. The monoisotopic (exact) mass is 209 g/mol. The van der Waals surface area contributed by atoms with Crippen LogP contribution in [0.15, 0.2) is 24.4 Å². The maximum Gasteiger partial charge on any atom is 0.338 e. The van der Waals surface area contributed by atoms with E-state index in [4.69, 9.17) is 9.84 Å². The molecule has 0 aliphatic rings. The van der Waals surface area contributed by atoms with E-state index < -0.39 is 12.8 Å². The van der Waals surface area contributed by atoms with Gasteiger partial charge in [-0.05, 0) is 12.1 Å². The van der Waals surface area contributed by atoms with Crippen LogP contribution >= 0.6 is 0 Å². The Morgan fingerprint density at radius 2 is 2.33 bits per heavy atom. The Balaban J connectivity index is 2.69. The number of aromatic amines is 1. The molecule has 0 saturated heterocycles. The number of carbonyl (C=O) groups is 1. The number of carboxylic acids is 1. The molecule has 0 atom stereocenters. The summed E-state index contributed by atoms with van der Waals surface area (Å²) >= 11 is 0. The molecule has 0 radical (unpaired) electrons. The molecule has 5 heteroatoms. The maximum absolute atomic E-state index is 12.1. The second kappa shape index (κ2) is 3.61. The highest BCUT2D eigenvalue weighted by Gasteiger charge is 2.14. The van der Waals surface area contributed by atoms with Gasteiger partial charge in [-0.2, -0.15) is 0 Å². The summed E-state index contributed by atoms with van der Waals surface area (Å²) in [4.78, 5) is 13.6. The summed E-state index contributed by atoms with van der Waals surface area (Å²) in [5, 5.41) is 9.29. The van der Waals surface area contributed by atoms with Crippen LogP contribution in [0.2, 0.25) is 0 Å². The Labute approximate surface area is 84.3 Å². The van der Waals surface area contributed by atoms with Crippen LogP contribution in [0.5, 0.6) is 5.75 Å². The highest BCUT2D eigenvalue weighted by Crippen LogP contribution is 2.28. The molecule has 0 amide bonds. The molecule has 1 aromatic heterocycles. The van der Waals surface area contributed by atoms with Crippen LogP contribution in [0.3, 0.4) is 0 Å². The van der Waals surface area contributed by atoms with Gasteiger partial charge in [-0.1, -0.05) is 6.07 Å². The molecule has 2 N–H and O–H groups in total. The standard InChI is InChI=1S/C10H8FNO3/c11-5-15-8-3-1-2-7-9(8)6(4-12-7)10(13)14/h1-4,12H,5H2,(H,13,14). The third-order valence-corrected chi connectivity index (χ3v) is 2.11. The van der Waals surface area contributed by atoms with E-state index in [1.54, 1.807) is 12.1 Å². The predicted molar refractivity (Wildman–Crippen MR) is 51.9 cm³/mol. The van der Waals surface area contributed by atoms with Crippen molar-refractivity contribution in [1.82, 2.24) is 4.98 Å². The zero-order chi connectivity index (χ0) is 10.8. The number of nitrogens with one attached hydrogen (secondary N) is 1. The average molecular weight is 209 g/mol. The molecule has 78 valence electrons. The van der Waals surface area contributed by atoms with E-state index in [-0.39, 0.29) is 11.3 Å². The van der Waals surface area contributed by atoms with Crippen LogP contribution in [0, 0.1) is 0 Å². The van der Waals surface area contributed by atoms with E-state index in [2.05, 4.69) is 4.98 Å². The van der Waals surface area contributed by atoms with Crippen molar-refractivity contribution in [1.29, 1.82) is 0 Å². The molecule has 0 aliphatic heterocycles. The molecular weight excluding hydrogens is 201 g/mol. The summed E-state index contributed by atoms with van der Waals surface area (Å²) in [5.41, 5.74) is 0.687. The fraction of sp³-hybridized carbons (Fsp3) is 0.100. The second-order valence-electron chi connectivity index (χ2n) is 2.94. The molecule has 0 aliphatic carbocycles. The number of hydrogen-bond acceptors (Lipinski definition) is 2. The molecule has 2 rings (SSSR count). The van der Waals surface area contributed by atoms with E-state index in [1.165, 1.54) is 12.3 Å². The maximum atomic E-state index is 12.1. The molecule has 0 fully saturated rings. The number of H-pyrrole nitrogens is 1. The van der Waals surface area contributed by atoms with Gasteiger partial charge in [0.05, 0.1) is 16.5 Å². The number of halogens is 1. The zero-order valence-corrected chi connectivity index (χ0v) is 7.66. The van der Waals surface area contributed by atoms with Crippen LogP contribution in [0.1, 0.15) is 10.4 Å². The van der Waals surface area contributed by atoms with Crippen LogP contribution in [-0.2, 0) is 0 Å². The molecule has 15 heavy (non-hydrogen) atoms. The number of aromatic carboxylic acids is 1. The largest absolute Gasteiger partial charge is 0.478 e. The summed E-state index contributed by atoms with van der Waals surface area (Å²) in [6.45, 7) is -0.983. The van der Waals surface area contributed by atoms with Crippen LogP contribution in [-0.4, -0.2) is 22.9 Å². The van der Waals surface area contributed by atoms with Crippen molar-refractivity contribution in [2.75, 3.05) is 6.86 Å². The van der Waals surface area contributed by atoms with Crippen molar-refractivity contribution in [3.63, 3.8) is 0 Å². The van der Waals surface area contributed by atoms with E-state index in [1.807, 2.05) is 0 Å². The van der Waals surface area contributed by atoms with Gasteiger partial charge in [-0.15, -0.1) is 0 Å². The zero-order valence-electron chi connectivity index (χ0n) is 7.66. The first-order chi connectivity index (χ1) is 7.24. The molecule has 0 unspecified atom stereocenters. The number of ether oxygens (including phenoxy) is 1. The third-order valence-electron chi connectivity index (χ3n) is 2.11. The quantitative estimate of drug-likeness (QED) is 0.814. The summed E-state index contributed by atoms with van der Waals surface area (Å²) in [6, 6.07) is 4.89. The third kappa shape index (κ3) is 1.52. The van der Waals surface area contributed by atoms with Crippen molar-refractivity contribution in [2.24, 2.45) is 0 Å². The number of aromatic nitrogens is 1. The number of rotatable bonds is 3. The molecule has 1 heterocycles. The molecule has 1 aromatic carbocycles. The number of fused-ring (bicyclic) bond motifs is 1. The number of hydrogen-bond donors (Lipinski definition) is 2. The predicted octanol–water partition coefficient (Wildman–Crippen LogP) is 2.17. The van der Waals surface area contributed by atoms with E-state index in [9.17, 15) is 9.18 Å². The Kier molecular flexibility index (Phi) is 2.29. The molecule has 4 nitrogen and oxygen atoms in total. The number of alkyl halides is 1. The minimum absolute atomic E-state index is 0.0778. The Hall–Kier alpha value is -2.04. The van der Waals surface area contributed by atoms with Gasteiger partial charge in [0, 0.05) is 6.20 Å². The summed E-state index contributed by atoms with van der Waals surface area (Å²) in [5.74, 6) is -0.843. The van der Waals surface area contributed by atoms with Crippen molar-refractivity contribution in [3.8, 4) is 5.75 Å².